The summed E-state index contributed by atoms with van der Waals surface area (Å²) in [5.41, 5.74) is 0.178. The van der Waals surface area contributed by atoms with Gasteiger partial charge in [0.15, 0.2) is 0 Å². The van der Waals surface area contributed by atoms with Gasteiger partial charge in [-0.25, -0.2) is 8.78 Å². The number of amides is 2. The molecule has 2 unspecified atom stereocenters. The van der Waals surface area contributed by atoms with E-state index in [2.05, 4.69) is 22.1 Å². The number of rotatable bonds is 8. The van der Waals surface area contributed by atoms with Crippen LogP contribution in [0.5, 0.6) is 0 Å². The summed E-state index contributed by atoms with van der Waals surface area (Å²) in [5, 5.41) is 5.36. The van der Waals surface area contributed by atoms with E-state index in [1.54, 1.807) is 0 Å². The van der Waals surface area contributed by atoms with Crippen LogP contribution in [0.2, 0.25) is 0 Å². The fraction of sp³-hybridized carbons (Fsp3) is 0.562. The highest BCUT2D eigenvalue weighted by Gasteiger charge is 2.34. The summed E-state index contributed by atoms with van der Waals surface area (Å²) in [5.74, 6) is -1.31. The molecule has 10 heteroatoms. The van der Waals surface area contributed by atoms with Crippen LogP contribution in [0.3, 0.4) is 0 Å². The second-order valence-electron chi connectivity index (χ2n) is 11.4. The zero-order valence-electron chi connectivity index (χ0n) is 25.0. The second-order valence-corrected chi connectivity index (χ2v) is 11.4. The van der Waals surface area contributed by atoms with Gasteiger partial charge in [-0.1, -0.05) is 18.2 Å². The maximum Gasteiger partial charge on any atom is 0.416 e. The summed E-state index contributed by atoms with van der Waals surface area (Å²) in [6, 6.07) is 2.90. The summed E-state index contributed by atoms with van der Waals surface area (Å²) in [4.78, 5) is 25.3. The number of carbonyl (C=O) groups excluding carboxylic acids is 2. The summed E-state index contributed by atoms with van der Waals surface area (Å²) in [6.45, 7) is 12.5. The predicted octanol–water partition coefficient (Wildman–Crippen LogP) is 7.25. The van der Waals surface area contributed by atoms with Crippen LogP contribution in [-0.2, 0) is 22.3 Å². The van der Waals surface area contributed by atoms with Crippen molar-refractivity contribution in [3.05, 3.63) is 71.4 Å². The molecule has 0 spiro atoms. The standard InChI is InChI=1S/C27H33F5N2O.C5H11NO/c1-3-23(28)8-6-18(2)20-5-4-11-34(12-10-20)25-9-7-21(15-25)26(35)33-17-19-13-22(27(30,31)32)16-24(29)14-19;1-4(2)6-5(3)7/h3,6,8,13-14,16,20-21,25H,1,4-5,7,9-12,15,17H2,2H3,(H,33,35);4H,1-3H3,(H,6,7)/b18-6+,23-8+;/t20?,21-,25?;/m0./s1. The third-order valence-corrected chi connectivity index (χ3v) is 7.64. The van der Waals surface area contributed by atoms with E-state index in [4.69, 9.17) is 0 Å². The lowest BCUT2D eigenvalue weighted by atomic mass is 9.92. The quantitative estimate of drug-likeness (QED) is 0.245. The van der Waals surface area contributed by atoms with E-state index >= 15 is 0 Å². The van der Waals surface area contributed by atoms with Crippen molar-refractivity contribution in [2.24, 2.45) is 11.8 Å². The zero-order valence-corrected chi connectivity index (χ0v) is 25.0. The summed E-state index contributed by atoms with van der Waals surface area (Å²) >= 11 is 0. The normalized spacial score (nSPS) is 22.2. The Bertz CT molecular complexity index is 1130. The molecule has 0 aromatic heterocycles. The van der Waals surface area contributed by atoms with Gasteiger partial charge in [-0.05, 0) is 114 Å². The topological polar surface area (TPSA) is 61.4 Å². The fourth-order valence-corrected chi connectivity index (χ4v) is 5.54. The van der Waals surface area contributed by atoms with Crippen molar-refractivity contribution in [2.75, 3.05) is 13.1 Å². The van der Waals surface area contributed by atoms with Gasteiger partial charge in [0.1, 0.15) is 11.6 Å². The Morgan fingerprint density at radius 3 is 2.36 bits per heavy atom. The highest BCUT2D eigenvalue weighted by molar-refractivity contribution is 5.79. The molecule has 1 aromatic carbocycles. The number of hydrogen-bond acceptors (Lipinski definition) is 3. The van der Waals surface area contributed by atoms with E-state index < -0.39 is 17.6 Å². The van der Waals surface area contributed by atoms with Gasteiger partial charge in [0.25, 0.3) is 0 Å². The molecule has 2 aliphatic rings. The Hall–Kier alpha value is -3.01. The van der Waals surface area contributed by atoms with Crippen LogP contribution in [0.15, 0.2) is 54.4 Å². The Morgan fingerprint density at radius 2 is 1.76 bits per heavy atom. The van der Waals surface area contributed by atoms with Gasteiger partial charge < -0.3 is 15.5 Å². The van der Waals surface area contributed by atoms with Gasteiger partial charge in [0.05, 0.1) is 5.56 Å². The number of nitrogens with one attached hydrogen (secondary N) is 2. The highest BCUT2D eigenvalue weighted by Crippen LogP contribution is 2.34. The van der Waals surface area contributed by atoms with E-state index in [0.717, 1.165) is 62.9 Å². The minimum atomic E-state index is -4.64. The molecule has 2 amide bonds. The van der Waals surface area contributed by atoms with Crippen LogP contribution < -0.4 is 10.6 Å². The SMILES string of the molecule is C=C/C(F)=C\C=C(/C)C1CCCN(C2CC[C@H](C(=O)NCc3cc(F)cc(C(F)(F)F)c3)C2)CC1.CC(=O)NC(C)C. The maximum atomic E-state index is 13.6. The fourth-order valence-electron chi connectivity index (χ4n) is 5.54. The number of allylic oxidation sites excluding steroid dienone is 5. The van der Waals surface area contributed by atoms with E-state index in [1.165, 1.54) is 19.1 Å². The maximum absolute atomic E-state index is 13.6. The molecule has 1 heterocycles. The van der Waals surface area contributed by atoms with Gasteiger partial charge in [-0.2, -0.15) is 13.2 Å². The number of alkyl halides is 3. The first kappa shape index (κ1) is 35.2. The average molecular weight is 598 g/mol. The van der Waals surface area contributed by atoms with E-state index in [-0.39, 0.29) is 47.8 Å². The summed E-state index contributed by atoms with van der Waals surface area (Å²) < 4.78 is 65.7. The summed E-state index contributed by atoms with van der Waals surface area (Å²) in [7, 11) is 0. The molecular formula is C32H44F5N3O2. The molecule has 1 aliphatic heterocycles. The van der Waals surface area contributed by atoms with Crippen molar-refractivity contribution in [3.63, 3.8) is 0 Å². The highest BCUT2D eigenvalue weighted by atomic mass is 19.4. The second kappa shape index (κ2) is 16.6. The molecule has 0 radical (unpaired) electrons. The van der Waals surface area contributed by atoms with Crippen LogP contribution in [0.4, 0.5) is 22.0 Å². The molecular weight excluding hydrogens is 553 g/mol. The van der Waals surface area contributed by atoms with Gasteiger partial charge in [0.2, 0.25) is 11.8 Å². The third kappa shape index (κ3) is 12.1. The molecule has 2 fully saturated rings. The molecule has 3 atom stereocenters. The molecule has 1 saturated heterocycles. The number of hydrogen-bond donors (Lipinski definition) is 2. The van der Waals surface area contributed by atoms with Crippen molar-refractivity contribution in [1.29, 1.82) is 0 Å². The third-order valence-electron chi connectivity index (χ3n) is 7.64. The molecule has 1 aromatic rings. The van der Waals surface area contributed by atoms with Crippen LogP contribution in [0.1, 0.15) is 77.3 Å². The van der Waals surface area contributed by atoms with Gasteiger partial charge in [-0.15, -0.1) is 0 Å². The van der Waals surface area contributed by atoms with Crippen LogP contribution in [0.25, 0.3) is 0 Å². The molecule has 2 N–H and O–H groups in total. The molecule has 5 nitrogen and oxygen atoms in total. The lowest BCUT2D eigenvalue weighted by Crippen LogP contribution is -2.36. The van der Waals surface area contributed by atoms with E-state index in [1.807, 2.05) is 26.8 Å². The van der Waals surface area contributed by atoms with Gasteiger partial charge in [-0.3, -0.25) is 9.59 Å². The first-order valence-corrected chi connectivity index (χ1v) is 14.5. The van der Waals surface area contributed by atoms with Crippen molar-refractivity contribution >= 4 is 11.8 Å². The largest absolute Gasteiger partial charge is 0.416 e. The smallest absolute Gasteiger partial charge is 0.354 e. The molecule has 3 rings (SSSR count). The molecule has 1 saturated carbocycles. The van der Waals surface area contributed by atoms with E-state index in [0.29, 0.717) is 18.4 Å². The first-order valence-electron chi connectivity index (χ1n) is 14.5. The number of carbonyl (C=O) groups is 2. The predicted molar refractivity (Wildman–Crippen MR) is 155 cm³/mol. The molecule has 0 bridgehead atoms. The zero-order chi connectivity index (χ0) is 31.4. The van der Waals surface area contributed by atoms with Crippen molar-refractivity contribution in [1.82, 2.24) is 15.5 Å². The number of likely N-dealkylation sites (tertiary alicyclic amines) is 1. The Balaban J connectivity index is 0.000000782. The van der Waals surface area contributed by atoms with Gasteiger partial charge >= 0.3 is 6.18 Å². The Morgan fingerprint density at radius 1 is 1.05 bits per heavy atom. The summed E-state index contributed by atoms with van der Waals surface area (Å²) in [6.07, 6.45) is 5.16. The van der Waals surface area contributed by atoms with Gasteiger partial charge in [0, 0.05) is 31.5 Å². The minimum Gasteiger partial charge on any atom is -0.354 e. The number of halogens is 5. The van der Waals surface area contributed by atoms with Crippen LogP contribution >= 0.6 is 0 Å². The molecule has 234 valence electrons. The molecule has 1 aliphatic carbocycles. The van der Waals surface area contributed by atoms with Crippen molar-refractivity contribution in [3.8, 4) is 0 Å². The lowest BCUT2D eigenvalue weighted by Gasteiger charge is -2.27. The van der Waals surface area contributed by atoms with Crippen LogP contribution in [-0.4, -0.2) is 41.9 Å². The average Bonchev–Trinajstić information content (AvgIpc) is 3.27. The molecule has 42 heavy (non-hydrogen) atoms. The monoisotopic (exact) mass is 597 g/mol. The number of nitrogens with zero attached hydrogens (tertiary/aromatic N) is 1. The van der Waals surface area contributed by atoms with Crippen molar-refractivity contribution < 1.29 is 31.5 Å². The first-order chi connectivity index (χ1) is 19.7. The Labute approximate surface area is 246 Å². The Kier molecular flexibility index (Phi) is 13.9. The van der Waals surface area contributed by atoms with E-state index in [9.17, 15) is 31.5 Å². The number of benzene rings is 1. The van der Waals surface area contributed by atoms with Crippen molar-refractivity contribution in [2.45, 2.75) is 91.0 Å². The van der Waals surface area contributed by atoms with Crippen LogP contribution in [0, 0.1) is 17.7 Å². The lowest BCUT2D eigenvalue weighted by molar-refractivity contribution is -0.137. The minimum absolute atomic E-state index is 0.0370.